The number of amides is 1. The minimum atomic E-state index is -0.248. The van der Waals surface area contributed by atoms with Crippen LogP contribution in [0.5, 0.6) is 11.5 Å². The van der Waals surface area contributed by atoms with E-state index in [9.17, 15) is 4.79 Å². The van der Waals surface area contributed by atoms with Crippen LogP contribution in [0.15, 0.2) is 40.9 Å². The highest BCUT2D eigenvalue weighted by molar-refractivity contribution is 9.10. The van der Waals surface area contributed by atoms with Crippen LogP contribution in [0, 0.1) is 0 Å². The minimum absolute atomic E-state index is 0.248. The zero-order chi connectivity index (χ0) is 16.4. The van der Waals surface area contributed by atoms with Gasteiger partial charge >= 0.3 is 0 Å². The first kappa shape index (κ1) is 15.8. The number of halogens is 1. The Balaban J connectivity index is 1.88. The van der Waals surface area contributed by atoms with Crippen LogP contribution >= 0.6 is 27.3 Å². The predicted molar refractivity (Wildman–Crippen MR) is 94.8 cm³/mol. The van der Waals surface area contributed by atoms with E-state index in [2.05, 4.69) is 26.2 Å². The molecule has 0 aliphatic heterocycles. The van der Waals surface area contributed by atoms with Crippen molar-refractivity contribution in [1.82, 2.24) is 4.98 Å². The summed E-state index contributed by atoms with van der Waals surface area (Å²) in [5, 5.41) is 3.35. The number of ether oxygens (including phenoxy) is 2. The number of nitrogens with zero attached hydrogens (tertiary/aromatic N) is 1. The quantitative estimate of drug-likeness (QED) is 0.717. The van der Waals surface area contributed by atoms with Gasteiger partial charge < -0.3 is 9.47 Å². The molecule has 0 bridgehead atoms. The summed E-state index contributed by atoms with van der Waals surface area (Å²) < 4.78 is 12.0. The van der Waals surface area contributed by atoms with E-state index in [0.717, 1.165) is 16.0 Å². The maximum absolute atomic E-state index is 12.4. The van der Waals surface area contributed by atoms with E-state index < -0.39 is 0 Å². The van der Waals surface area contributed by atoms with E-state index in [-0.39, 0.29) is 5.91 Å². The molecule has 7 heteroatoms. The Morgan fingerprint density at radius 3 is 2.57 bits per heavy atom. The van der Waals surface area contributed by atoms with Gasteiger partial charge in [0.05, 0.1) is 30.0 Å². The highest BCUT2D eigenvalue weighted by Gasteiger charge is 2.14. The van der Waals surface area contributed by atoms with E-state index in [4.69, 9.17) is 9.47 Å². The molecule has 0 aliphatic carbocycles. The third kappa shape index (κ3) is 3.30. The number of carbonyl (C=O) groups excluding carboxylic acids is 1. The number of aromatic nitrogens is 1. The lowest BCUT2D eigenvalue weighted by atomic mass is 10.2. The zero-order valence-electron chi connectivity index (χ0n) is 12.4. The van der Waals surface area contributed by atoms with Crippen LogP contribution < -0.4 is 14.8 Å². The predicted octanol–water partition coefficient (Wildman–Crippen LogP) is 4.33. The number of anilines is 1. The first-order valence-corrected chi connectivity index (χ1v) is 8.31. The van der Waals surface area contributed by atoms with Gasteiger partial charge in [-0.3, -0.25) is 10.1 Å². The highest BCUT2D eigenvalue weighted by Crippen LogP contribution is 2.30. The van der Waals surface area contributed by atoms with Gasteiger partial charge in [-0.2, -0.15) is 0 Å². The second-order valence-corrected chi connectivity index (χ2v) is 6.54. The normalized spacial score (nSPS) is 10.6. The second kappa shape index (κ2) is 6.55. The molecule has 1 amide bonds. The largest absolute Gasteiger partial charge is 0.497 e. The van der Waals surface area contributed by atoms with Crippen molar-refractivity contribution in [2.45, 2.75) is 0 Å². The van der Waals surface area contributed by atoms with Crippen molar-refractivity contribution in [3.05, 3.63) is 46.4 Å². The van der Waals surface area contributed by atoms with Crippen molar-refractivity contribution in [3.63, 3.8) is 0 Å². The molecule has 118 valence electrons. The van der Waals surface area contributed by atoms with Gasteiger partial charge in [0.2, 0.25) is 0 Å². The van der Waals surface area contributed by atoms with Crippen molar-refractivity contribution in [3.8, 4) is 11.5 Å². The van der Waals surface area contributed by atoms with E-state index in [1.54, 1.807) is 32.4 Å². The van der Waals surface area contributed by atoms with Gasteiger partial charge in [0.25, 0.3) is 5.91 Å². The molecular formula is C16H13BrN2O3S. The van der Waals surface area contributed by atoms with Gasteiger partial charge in [-0.25, -0.2) is 4.98 Å². The molecule has 0 saturated heterocycles. The van der Waals surface area contributed by atoms with Gasteiger partial charge in [-0.15, -0.1) is 0 Å². The molecule has 1 N–H and O–H groups in total. The Morgan fingerprint density at radius 2 is 1.83 bits per heavy atom. The summed E-state index contributed by atoms with van der Waals surface area (Å²) in [6.07, 6.45) is 0. The fraction of sp³-hybridized carbons (Fsp3) is 0.125. The molecule has 0 saturated carbocycles. The maximum atomic E-state index is 12.4. The Labute approximate surface area is 145 Å². The molecule has 0 fully saturated rings. The van der Waals surface area contributed by atoms with Crippen molar-refractivity contribution in [2.75, 3.05) is 19.5 Å². The number of hydrogen-bond donors (Lipinski definition) is 1. The Morgan fingerprint density at radius 1 is 1.13 bits per heavy atom. The average Bonchev–Trinajstić information content (AvgIpc) is 2.96. The molecule has 3 aromatic rings. The molecule has 23 heavy (non-hydrogen) atoms. The Hall–Kier alpha value is -2.12. The number of fused-ring (bicyclic) bond motifs is 1. The number of nitrogens with one attached hydrogen (secondary N) is 1. The lowest BCUT2D eigenvalue weighted by Gasteiger charge is -2.06. The molecule has 0 unspecified atom stereocenters. The number of thiazole rings is 1. The average molecular weight is 393 g/mol. The van der Waals surface area contributed by atoms with Crippen molar-refractivity contribution in [1.29, 1.82) is 0 Å². The van der Waals surface area contributed by atoms with Gasteiger partial charge in [0, 0.05) is 4.47 Å². The number of carbonyl (C=O) groups is 1. The van der Waals surface area contributed by atoms with Crippen molar-refractivity contribution < 1.29 is 14.3 Å². The topological polar surface area (TPSA) is 60.5 Å². The minimum Gasteiger partial charge on any atom is -0.497 e. The van der Waals surface area contributed by atoms with E-state index in [1.807, 2.05) is 18.2 Å². The standard InChI is InChI=1S/C16H13BrN2O3S/c1-21-9-3-5-12(17)11(7-9)15(20)19-16-18-13-6-4-10(22-2)8-14(13)23-16/h3-8H,1-2H3,(H,18,19,20). The molecule has 0 spiro atoms. The van der Waals surface area contributed by atoms with Gasteiger partial charge in [-0.05, 0) is 52.3 Å². The summed E-state index contributed by atoms with van der Waals surface area (Å²) in [5.41, 5.74) is 1.30. The third-order valence-corrected chi connectivity index (χ3v) is 4.86. The van der Waals surface area contributed by atoms with Crippen LogP contribution in [0.2, 0.25) is 0 Å². The van der Waals surface area contributed by atoms with Crippen LogP contribution in [0.25, 0.3) is 10.2 Å². The van der Waals surface area contributed by atoms with Crippen molar-refractivity contribution >= 4 is 48.5 Å². The summed E-state index contributed by atoms with van der Waals surface area (Å²) in [5.74, 6) is 1.13. The number of benzene rings is 2. The van der Waals surface area contributed by atoms with Crippen LogP contribution in [0.3, 0.4) is 0 Å². The summed E-state index contributed by atoms with van der Waals surface area (Å²) >= 11 is 4.77. The first-order chi connectivity index (χ1) is 11.1. The van der Waals surface area contributed by atoms with Gasteiger partial charge in [0.1, 0.15) is 11.5 Å². The Bertz CT molecular complexity index is 879. The maximum Gasteiger partial charge on any atom is 0.258 e. The van der Waals surface area contributed by atoms with Gasteiger partial charge in [0.15, 0.2) is 5.13 Å². The summed E-state index contributed by atoms with van der Waals surface area (Å²) in [6.45, 7) is 0. The number of methoxy groups -OCH3 is 2. The molecule has 3 rings (SSSR count). The molecule has 0 radical (unpaired) electrons. The first-order valence-electron chi connectivity index (χ1n) is 6.70. The number of rotatable bonds is 4. The highest BCUT2D eigenvalue weighted by atomic mass is 79.9. The van der Waals surface area contributed by atoms with Crippen LogP contribution in [-0.4, -0.2) is 25.1 Å². The Kier molecular flexibility index (Phi) is 4.49. The molecule has 5 nitrogen and oxygen atoms in total. The summed E-state index contributed by atoms with van der Waals surface area (Å²) in [6, 6.07) is 10.8. The smallest absolute Gasteiger partial charge is 0.258 e. The van der Waals surface area contributed by atoms with E-state index in [0.29, 0.717) is 20.9 Å². The SMILES string of the molecule is COc1ccc(Br)c(C(=O)Nc2nc3ccc(OC)cc3s2)c1. The van der Waals surface area contributed by atoms with Crippen LogP contribution in [0.4, 0.5) is 5.13 Å². The molecule has 1 heterocycles. The molecule has 0 atom stereocenters. The fourth-order valence-electron chi connectivity index (χ4n) is 2.06. The van der Waals surface area contributed by atoms with E-state index >= 15 is 0 Å². The second-order valence-electron chi connectivity index (χ2n) is 4.65. The molecule has 0 aliphatic rings. The summed E-state index contributed by atoms with van der Waals surface area (Å²) in [4.78, 5) is 16.9. The zero-order valence-corrected chi connectivity index (χ0v) is 14.8. The summed E-state index contributed by atoms with van der Waals surface area (Å²) in [7, 11) is 3.18. The fourth-order valence-corrected chi connectivity index (χ4v) is 3.37. The van der Waals surface area contributed by atoms with Crippen LogP contribution in [0.1, 0.15) is 10.4 Å². The van der Waals surface area contributed by atoms with Gasteiger partial charge in [-0.1, -0.05) is 11.3 Å². The number of hydrogen-bond acceptors (Lipinski definition) is 5. The third-order valence-electron chi connectivity index (χ3n) is 3.23. The van der Waals surface area contributed by atoms with Crippen LogP contribution in [-0.2, 0) is 0 Å². The molecule has 2 aromatic carbocycles. The van der Waals surface area contributed by atoms with Crippen molar-refractivity contribution in [2.24, 2.45) is 0 Å². The molecular weight excluding hydrogens is 380 g/mol. The van der Waals surface area contributed by atoms with E-state index in [1.165, 1.54) is 11.3 Å². The lowest BCUT2D eigenvalue weighted by Crippen LogP contribution is -2.12. The lowest BCUT2D eigenvalue weighted by molar-refractivity contribution is 0.102. The monoisotopic (exact) mass is 392 g/mol. The molecule has 1 aromatic heterocycles.